The number of ether oxygens (including phenoxy) is 1. The fourth-order valence-corrected chi connectivity index (χ4v) is 1.68. The third kappa shape index (κ3) is 3.25. The summed E-state index contributed by atoms with van der Waals surface area (Å²) in [5.41, 5.74) is 7.06. The Balaban J connectivity index is 1.83. The van der Waals surface area contributed by atoms with Crippen molar-refractivity contribution >= 4 is 11.7 Å². The number of amides is 1. The molecular formula is C13H16N4O2. The highest BCUT2D eigenvalue weighted by atomic mass is 16.5. The second-order valence-corrected chi connectivity index (χ2v) is 4.05. The number of hydrogen-bond donors (Lipinski definition) is 3. The SMILES string of the molecule is COc1ccc(CCNC(=O)c2cn[nH]c2N)cc1. The van der Waals surface area contributed by atoms with Crippen LogP contribution < -0.4 is 15.8 Å². The number of benzene rings is 1. The number of hydrogen-bond acceptors (Lipinski definition) is 4. The first-order valence-corrected chi connectivity index (χ1v) is 5.90. The van der Waals surface area contributed by atoms with E-state index in [0.29, 0.717) is 12.1 Å². The van der Waals surface area contributed by atoms with Crippen molar-refractivity contribution in [3.05, 3.63) is 41.6 Å². The van der Waals surface area contributed by atoms with Crippen LogP contribution >= 0.6 is 0 Å². The van der Waals surface area contributed by atoms with Gasteiger partial charge in [-0.3, -0.25) is 9.89 Å². The summed E-state index contributed by atoms with van der Waals surface area (Å²) in [5.74, 6) is 0.876. The molecule has 1 aromatic carbocycles. The van der Waals surface area contributed by atoms with Crippen molar-refractivity contribution in [2.75, 3.05) is 19.4 Å². The van der Waals surface area contributed by atoms with E-state index in [1.165, 1.54) is 6.20 Å². The fourth-order valence-electron chi connectivity index (χ4n) is 1.68. The maximum absolute atomic E-state index is 11.7. The van der Waals surface area contributed by atoms with Gasteiger partial charge >= 0.3 is 0 Å². The fraction of sp³-hybridized carbons (Fsp3) is 0.231. The van der Waals surface area contributed by atoms with Crippen LogP contribution in [0.1, 0.15) is 15.9 Å². The van der Waals surface area contributed by atoms with Crippen molar-refractivity contribution in [1.29, 1.82) is 0 Å². The Morgan fingerprint density at radius 3 is 2.74 bits per heavy atom. The molecule has 0 radical (unpaired) electrons. The molecule has 0 atom stereocenters. The smallest absolute Gasteiger partial charge is 0.256 e. The van der Waals surface area contributed by atoms with Crippen LogP contribution in [0, 0.1) is 0 Å². The van der Waals surface area contributed by atoms with Gasteiger partial charge in [-0.15, -0.1) is 0 Å². The molecule has 0 aliphatic rings. The molecule has 0 saturated carbocycles. The zero-order chi connectivity index (χ0) is 13.7. The zero-order valence-electron chi connectivity index (χ0n) is 10.6. The summed E-state index contributed by atoms with van der Waals surface area (Å²) in [6.07, 6.45) is 2.16. The second kappa shape index (κ2) is 5.90. The molecule has 0 unspecified atom stereocenters. The lowest BCUT2D eigenvalue weighted by Gasteiger charge is -2.05. The van der Waals surface area contributed by atoms with Gasteiger partial charge in [-0.1, -0.05) is 12.1 Å². The Hall–Kier alpha value is -2.50. The van der Waals surface area contributed by atoms with Crippen LogP contribution in [0.3, 0.4) is 0 Å². The standard InChI is InChI=1S/C13H16N4O2/c1-19-10-4-2-9(3-5-10)6-7-15-13(18)11-8-16-17-12(11)14/h2-5,8H,6-7H2,1H3,(H,15,18)(H3,14,16,17). The Kier molecular flexibility index (Phi) is 4.02. The minimum Gasteiger partial charge on any atom is -0.497 e. The topological polar surface area (TPSA) is 93.0 Å². The van der Waals surface area contributed by atoms with Gasteiger partial charge in [0.1, 0.15) is 17.1 Å². The summed E-state index contributed by atoms with van der Waals surface area (Å²) in [5, 5.41) is 9.02. The average molecular weight is 260 g/mol. The first-order chi connectivity index (χ1) is 9.20. The van der Waals surface area contributed by atoms with E-state index in [0.717, 1.165) is 17.7 Å². The van der Waals surface area contributed by atoms with Gasteiger partial charge in [-0.05, 0) is 24.1 Å². The van der Waals surface area contributed by atoms with E-state index in [1.54, 1.807) is 7.11 Å². The maximum Gasteiger partial charge on any atom is 0.256 e. The molecule has 0 saturated heterocycles. The van der Waals surface area contributed by atoms with E-state index in [4.69, 9.17) is 10.5 Å². The number of aromatic amines is 1. The number of H-pyrrole nitrogens is 1. The van der Waals surface area contributed by atoms with Gasteiger partial charge in [-0.25, -0.2) is 0 Å². The lowest BCUT2D eigenvalue weighted by Crippen LogP contribution is -2.26. The summed E-state index contributed by atoms with van der Waals surface area (Å²) in [6.45, 7) is 0.537. The number of rotatable bonds is 5. The number of nitrogens with one attached hydrogen (secondary N) is 2. The van der Waals surface area contributed by atoms with Gasteiger partial charge < -0.3 is 15.8 Å². The quantitative estimate of drug-likeness (QED) is 0.747. The van der Waals surface area contributed by atoms with E-state index in [9.17, 15) is 4.79 Å². The Morgan fingerprint density at radius 2 is 2.16 bits per heavy atom. The number of carbonyl (C=O) groups excluding carboxylic acids is 1. The monoisotopic (exact) mass is 260 g/mol. The zero-order valence-corrected chi connectivity index (χ0v) is 10.6. The van der Waals surface area contributed by atoms with Crippen LogP contribution in [0.5, 0.6) is 5.75 Å². The summed E-state index contributed by atoms with van der Waals surface area (Å²) in [7, 11) is 1.63. The summed E-state index contributed by atoms with van der Waals surface area (Å²) < 4.78 is 5.08. The molecule has 2 aromatic rings. The highest BCUT2D eigenvalue weighted by Gasteiger charge is 2.10. The molecule has 2 rings (SSSR count). The van der Waals surface area contributed by atoms with Crippen LogP contribution in [0.15, 0.2) is 30.5 Å². The van der Waals surface area contributed by atoms with Crippen molar-refractivity contribution in [2.45, 2.75) is 6.42 Å². The highest BCUT2D eigenvalue weighted by Crippen LogP contribution is 2.11. The Labute approximate surface area is 111 Å². The predicted octanol–water partition coefficient (Wildman–Crippen LogP) is 0.973. The highest BCUT2D eigenvalue weighted by molar-refractivity contribution is 5.98. The van der Waals surface area contributed by atoms with Crippen molar-refractivity contribution in [3.8, 4) is 5.75 Å². The van der Waals surface area contributed by atoms with Crippen molar-refractivity contribution in [1.82, 2.24) is 15.5 Å². The minimum absolute atomic E-state index is 0.222. The molecule has 4 N–H and O–H groups in total. The van der Waals surface area contributed by atoms with E-state index in [1.807, 2.05) is 24.3 Å². The van der Waals surface area contributed by atoms with Gasteiger partial charge in [0.25, 0.3) is 5.91 Å². The third-order valence-corrected chi connectivity index (χ3v) is 2.77. The molecule has 100 valence electrons. The summed E-state index contributed by atoms with van der Waals surface area (Å²) in [4.78, 5) is 11.7. The maximum atomic E-state index is 11.7. The van der Waals surface area contributed by atoms with Crippen LogP contribution in [0.4, 0.5) is 5.82 Å². The van der Waals surface area contributed by atoms with E-state index < -0.39 is 0 Å². The summed E-state index contributed by atoms with van der Waals surface area (Å²) >= 11 is 0. The third-order valence-electron chi connectivity index (χ3n) is 2.77. The minimum atomic E-state index is -0.222. The number of nitrogens with zero attached hydrogens (tertiary/aromatic N) is 1. The van der Waals surface area contributed by atoms with Crippen molar-refractivity contribution < 1.29 is 9.53 Å². The van der Waals surface area contributed by atoms with Crippen LogP contribution in [0.2, 0.25) is 0 Å². The number of aromatic nitrogens is 2. The lowest BCUT2D eigenvalue weighted by atomic mass is 10.1. The second-order valence-electron chi connectivity index (χ2n) is 4.05. The molecule has 0 aliphatic carbocycles. The predicted molar refractivity (Wildman–Crippen MR) is 72.0 cm³/mol. The van der Waals surface area contributed by atoms with Gasteiger partial charge in [0, 0.05) is 6.54 Å². The average Bonchev–Trinajstić information content (AvgIpc) is 2.86. The Bertz CT molecular complexity index is 548. The van der Waals surface area contributed by atoms with E-state index in [-0.39, 0.29) is 11.7 Å². The van der Waals surface area contributed by atoms with Gasteiger partial charge in [0.2, 0.25) is 0 Å². The first-order valence-electron chi connectivity index (χ1n) is 5.90. The van der Waals surface area contributed by atoms with Gasteiger partial charge in [0.05, 0.1) is 13.3 Å². The molecule has 0 fully saturated rings. The number of nitrogens with two attached hydrogens (primary N) is 1. The van der Waals surface area contributed by atoms with E-state index >= 15 is 0 Å². The number of nitrogen functional groups attached to an aromatic ring is 1. The summed E-state index contributed by atoms with van der Waals surface area (Å²) in [6, 6.07) is 7.73. The molecule has 0 aliphatic heterocycles. The van der Waals surface area contributed by atoms with Crippen LogP contribution in [0.25, 0.3) is 0 Å². The van der Waals surface area contributed by atoms with Crippen molar-refractivity contribution in [3.63, 3.8) is 0 Å². The first kappa shape index (κ1) is 12.9. The Morgan fingerprint density at radius 1 is 1.42 bits per heavy atom. The molecule has 1 heterocycles. The number of carbonyl (C=O) groups is 1. The van der Waals surface area contributed by atoms with Crippen LogP contribution in [-0.4, -0.2) is 29.8 Å². The normalized spacial score (nSPS) is 10.2. The van der Waals surface area contributed by atoms with Gasteiger partial charge in [0.15, 0.2) is 0 Å². The van der Waals surface area contributed by atoms with Gasteiger partial charge in [-0.2, -0.15) is 5.10 Å². The van der Waals surface area contributed by atoms with Crippen LogP contribution in [-0.2, 0) is 6.42 Å². The van der Waals surface area contributed by atoms with Crippen molar-refractivity contribution in [2.24, 2.45) is 0 Å². The molecule has 6 heteroatoms. The molecule has 1 aromatic heterocycles. The molecular weight excluding hydrogens is 244 g/mol. The number of anilines is 1. The molecule has 0 bridgehead atoms. The molecule has 1 amide bonds. The van der Waals surface area contributed by atoms with E-state index in [2.05, 4.69) is 15.5 Å². The molecule has 6 nitrogen and oxygen atoms in total. The lowest BCUT2D eigenvalue weighted by molar-refractivity contribution is 0.0955. The largest absolute Gasteiger partial charge is 0.497 e. The molecule has 0 spiro atoms. The number of methoxy groups -OCH3 is 1. The molecule has 19 heavy (non-hydrogen) atoms.